The number of hydrogen-bond donors (Lipinski definition) is 2. The van der Waals surface area contributed by atoms with Gasteiger partial charge in [-0.05, 0) is 30.5 Å². The zero-order chi connectivity index (χ0) is 19.5. The van der Waals surface area contributed by atoms with Crippen LogP contribution in [0.15, 0.2) is 30.7 Å². The molecule has 1 saturated carbocycles. The van der Waals surface area contributed by atoms with Gasteiger partial charge in [-0.1, -0.05) is 0 Å². The van der Waals surface area contributed by atoms with Crippen LogP contribution in [0.1, 0.15) is 18.9 Å². The highest BCUT2D eigenvalue weighted by molar-refractivity contribution is 7.88. The largest absolute Gasteiger partial charge is 0.346 e. The molecule has 0 aromatic carbocycles. The van der Waals surface area contributed by atoms with E-state index in [-0.39, 0.29) is 17.9 Å². The smallest absolute Gasteiger partial charge is 0.228 e. The van der Waals surface area contributed by atoms with Crippen LogP contribution in [0.2, 0.25) is 0 Å². The van der Waals surface area contributed by atoms with Crippen LogP contribution in [-0.2, 0) is 14.8 Å². The van der Waals surface area contributed by atoms with Crippen LogP contribution in [0.5, 0.6) is 0 Å². The summed E-state index contributed by atoms with van der Waals surface area (Å²) < 4.78 is 26.4. The highest BCUT2D eigenvalue weighted by atomic mass is 32.2. The van der Waals surface area contributed by atoms with Crippen molar-refractivity contribution in [2.75, 3.05) is 24.7 Å². The summed E-state index contributed by atoms with van der Waals surface area (Å²) in [7, 11) is -3.15. The van der Waals surface area contributed by atoms with Gasteiger partial charge in [-0.25, -0.2) is 13.4 Å². The Kier molecular flexibility index (Phi) is 3.81. The lowest BCUT2D eigenvalue weighted by Gasteiger charge is -2.37. The van der Waals surface area contributed by atoms with Gasteiger partial charge < -0.3 is 10.3 Å². The third-order valence-electron chi connectivity index (χ3n) is 5.31. The molecule has 10 heteroatoms. The third-order valence-corrected chi connectivity index (χ3v) is 6.55. The van der Waals surface area contributed by atoms with Crippen LogP contribution in [0, 0.1) is 5.92 Å². The van der Waals surface area contributed by atoms with Crippen LogP contribution in [0.25, 0.3) is 22.2 Å². The molecule has 0 unspecified atom stereocenters. The summed E-state index contributed by atoms with van der Waals surface area (Å²) in [5.41, 5.74) is 2.51. The Hall–Kier alpha value is -2.72. The average molecular weight is 400 g/mol. The molecule has 0 atom stereocenters. The molecule has 0 radical (unpaired) electrons. The highest BCUT2D eigenvalue weighted by Crippen LogP contribution is 2.33. The lowest BCUT2D eigenvalue weighted by molar-refractivity contribution is -0.117. The van der Waals surface area contributed by atoms with E-state index in [0.717, 1.165) is 29.4 Å². The molecule has 4 heterocycles. The first-order valence-corrected chi connectivity index (χ1v) is 11.0. The molecule has 0 spiro atoms. The summed E-state index contributed by atoms with van der Waals surface area (Å²) in [5, 5.41) is 8.27. The number of pyridine rings is 1. The molecule has 9 nitrogen and oxygen atoms in total. The van der Waals surface area contributed by atoms with Crippen LogP contribution in [0.4, 0.5) is 5.82 Å². The van der Waals surface area contributed by atoms with Crippen molar-refractivity contribution in [3.8, 4) is 11.1 Å². The summed E-state index contributed by atoms with van der Waals surface area (Å²) in [4.78, 5) is 19.7. The summed E-state index contributed by atoms with van der Waals surface area (Å²) in [6.07, 6.45) is 8.57. The number of nitrogens with one attached hydrogen (secondary N) is 2. The van der Waals surface area contributed by atoms with E-state index in [1.165, 1.54) is 10.6 Å². The standard InChI is InChI=1S/C18H20N6O3S/c1-28(26,27)23-9-13(10-23)24-8-12(7-20-24)15-6-16(22-18(25)11-2-3-11)21-17-14(15)4-5-19-17/h4-8,11,13H,2-3,9-10H2,1H3,(H2,19,21,22,25). The zero-order valence-electron chi connectivity index (χ0n) is 15.3. The molecular formula is C18H20N6O3S. The van der Waals surface area contributed by atoms with Crippen molar-refractivity contribution in [2.24, 2.45) is 5.92 Å². The van der Waals surface area contributed by atoms with E-state index in [0.29, 0.717) is 24.6 Å². The molecule has 3 aromatic heterocycles. The number of sulfonamides is 1. The van der Waals surface area contributed by atoms with Crippen LogP contribution >= 0.6 is 0 Å². The molecule has 1 aliphatic carbocycles. The monoisotopic (exact) mass is 400 g/mol. The number of anilines is 1. The van der Waals surface area contributed by atoms with Gasteiger partial charge in [0.1, 0.15) is 11.5 Å². The van der Waals surface area contributed by atoms with Crippen molar-refractivity contribution in [2.45, 2.75) is 18.9 Å². The number of hydrogen-bond acceptors (Lipinski definition) is 5. The Morgan fingerprint density at radius 2 is 2.11 bits per heavy atom. The van der Waals surface area contributed by atoms with Gasteiger partial charge in [0.15, 0.2) is 0 Å². The molecule has 2 fully saturated rings. The molecular weight excluding hydrogens is 380 g/mol. The van der Waals surface area contributed by atoms with E-state index in [1.54, 1.807) is 10.9 Å². The minimum Gasteiger partial charge on any atom is -0.346 e. The second kappa shape index (κ2) is 6.14. The van der Waals surface area contributed by atoms with Crippen LogP contribution in [0.3, 0.4) is 0 Å². The van der Waals surface area contributed by atoms with Crippen molar-refractivity contribution < 1.29 is 13.2 Å². The number of aromatic nitrogens is 4. The average Bonchev–Trinajstić information content (AvgIpc) is 3.14. The molecule has 28 heavy (non-hydrogen) atoms. The predicted molar refractivity (Wildman–Crippen MR) is 104 cm³/mol. The number of carbonyl (C=O) groups excluding carboxylic acids is 1. The van der Waals surface area contributed by atoms with Crippen molar-refractivity contribution in [1.82, 2.24) is 24.1 Å². The van der Waals surface area contributed by atoms with Gasteiger partial charge >= 0.3 is 0 Å². The topological polar surface area (TPSA) is 113 Å². The molecule has 5 rings (SSSR count). The van der Waals surface area contributed by atoms with E-state index in [4.69, 9.17) is 0 Å². The first kappa shape index (κ1) is 17.4. The van der Waals surface area contributed by atoms with Gasteiger partial charge in [0.25, 0.3) is 0 Å². The SMILES string of the molecule is CS(=O)(=O)N1CC(n2cc(-c3cc(NC(=O)C4CC4)nc4[nH]ccc34)cn2)C1. The molecule has 3 aromatic rings. The first-order valence-electron chi connectivity index (χ1n) is 9.17. The fourth-order valence-electron chi connectivity index (χ4n) is 3.45. The number of amides is 1. The zero-order valence-corrected chi connectivity index (χ0v) is 16.1. The Labute approximate surface area is 161 Å². The van der Waals surface area contributed by atoms with Crippen LogP contribution in [-0.4, -0.2) is 57.7 Å². The predicted octanol–water partition coefficient (Wildman–Crippen LogP) is 1.59. The Bertz CT molecular complexity index is 1170. The minimum atomic E-state index is -3.15. The lowest BCUT2D eigenvalue weighted by atomic mass is 10.1. The third kappa shape index (κ3) is 3.08. The van der Waals surface area contributed by atoms with Crippen molar-refractivity contribution in [1.29, 1.82) is 0 Å². The maximum absolute atomic E-state index is 12.1. The maximum atomic E-state index is 12.1. The Morgan fingerprint density at radius 1 is 1.32 bits per heavy atom. The molecule has 0 bridgehead atoms. The summed E-state index contributed by atoms with van der Waals surface area (Å²) >= 11 is 0. The molecule has 1 amide bonds. The van der Waals surface area contributed by atoms with Gasteiger partial charge in [0, 0.05) is 42.4 Å². The summed E-state index contributed by atoms with van der Waals surface area (Å²) in [6, 6.07) is 3.83. The molecule has 146 valence electrons. The van der Waals surface area contributed by atoms with Crippen LogP contribution < -0.4 is 5.32 Å². The minimum absolute atomic E-state index is 0.00962. The normalized spacial score (nSPS) is 18.3. The van der Waals surface area contributed by atoms with Crippen molar-refractivity contribution in [3.63, 3.8) is 0 Å². The number of fused-ring (bicyclic) bond motifs is 1. The number of rotatable bonds is 5. The molecule has 2 N–H and O–H groups in total. The summed E-state index contributed by atoms with van der Waals surface area (Å²) in [5.74, 6) is 0.626. The Morgan fingerprint density at radius 3 is 2.82 bits per heavy atom. The lowest BCUT2D eigenvalue weighted by Crippen LogP contribution is -2.50. The van der Waals surface area contributed by atoms with E-state index < -0.39 is 10.0 Å². The van der Waals surface area contributed by atoms with Gasteiger partial charge in [-0.2, -0.15) is 9.40 Å². The second-order valence-electron chi connectivity index (χ2n) is 7.50. The van der Waals surface area contributed by atoms with E-state index in [9.17, 15) is 13.2 Å². The molecule has 1 aliphatic heterocycles. The van der Waals surface area contributed by atoms with E-state index >= 15 is 0 Å². The van der Waals surface area contributed by atoms with Crippen molar-refractivity contribution >= 4 is 32.8 Å². The number of carbonyl (C=O) groups is 1. The highest BCUT2D eigenvalue weighted by Gasteiger charge is 2.35. The van der Waals surface area contributed by atoms with E-state index in [2.05, 4.69) is 20.4 Å². The number of aromatic amines is 1. The first-order chi connectivity index (χ1) is 13.4. The summed E-state index contributed by atoms with van der Waals surface area (Å²) in [6.45, 7) is 0.858. The fourth-order valence-corrected chi connectivity index (χ4v) is 4.33. The van der Waals surface area contributed by atoms with E-state index in [1.807, 2.05) is 24.5 Å². The Balaban J connectivity index is 1.43. The van der Waals surface area contributed by atoms with Gasteiger partial charge in [0.2, 0.25) is 15.9 Å². The number of H-pyrrole nitrogens is 1. The van der Waals surface area contributed by atoms with Crippen molar-refractivity contribution in [3.05, 3.63) is 30.7 Å². The van der Waals surface area contributed by atoms with Gasteiger partial charge in [-0.3, -0.25) is 9.48 Å². The quantitative estimate of drug-likeness (QED) is 0.675. The second-order valence-corrected chi connectivity index (χ2v) is 9.48. The number of nitrogens with zero attached hydrogens (tertiary/aromatic N) is 4. The maximum Gasteiger partial charge on any atom is 0.228 e. The molecule has 1 saturated heterocycles. The van der Waals surface area contributed by atoms with Gasteiger partial charge in [-0.15, -0.1) is 0 Å². The van der Waals surface area contributed by atoms with Gasteiger partial charge in [0.05, 0.1) is 18.5 Å². The molecule has 2 aliphatic rings. The fraction of sp³-hybridized carbons (Fsp3) is 0.389.